The topological polar surface area (TPSA) is 65.0 Å². The lowest BCUT2D eigenvalue weighted by Crippen LogP contribution is -2.48. The molecule has 122 valence electrons. The highest BCUT2D eigenvalue weighted by atomic mass is 19.2. The summed E-state index contributed by atoms with van der Waals surface area (Å²) in [5, 5.41) is 9.81. The third kappa shape index (κ3) is 2.65. The van der Waals surface area contributed by atoms with Gasteiger partial charge >= 0.3 is 6.16 Å². The van der Waals surface area contributed by atoms with E-state index in [1.165, 1.54) is 6.92 Å². The third-order valence-corrected chi connectivity index (χ3v) is 3.03. The number of carbonyl (C=O) groups excluding carboxylic acids is 1. The minimum atomic E-state index is -2.35. The lowest BCUT2D eigenvalue weighted by Gasteiger charge is -2.35. The number of ether oxygens (including phenoxy) is 3. The molecular formula is C12H9F5O5. The average molecular weight is 328 g/mol. The van der Waals surface area contributed by atoms with Crippen molar-refractivity contribution in [3.05, 3.63) is 29.1 Å². The van der Waals surface area contributed by atoms with Gasteiger partial charge in [-0.1, -0.05) is 0 Å². The van der Waals surface area contributed by atoms with Crippen molar-refractivity contribution in [2.24, 2.45) is 5.41 Å². The van der Waals surface area contributed by atoms with Gasteiger partial charge in [0.25, 0.3) is 0 Å². The number of cyclic esters (lactones) is 2. The zero-order chi connectivity index (χ0) is 16.7. The van der Waals surface area contributed by atoms with E-state index in [1.807, 2.05) is 0 Å². The summed E-state index contributed by atoms with van der Waals surface area (Å²) in [4.78, 5) is 10.7. The van der Waals surface area contributed by atoms with Gasteiger partial charge in [0.2, 0.25) is 35.4 Å². The number of aliphatic hydroxyl groups excluding tert-OH is 1. The van der Waals surface area contributed by atoms with E-state index in [2.05, 4.69) is 14.2 Å². The molecule has 2 rings (SSSR count). The summed E-state index contributed by atoms with van der Waals surface area (Å²) in [6.07, 6.45) is -3.09. The van der Waals surface area contributed by atoms with Crippen molar-refractivity contribution in [3.63, 3.8) is 0 Å². The van der Waals surface area contributed by atoms with Gasteiger partial charge in [0.1, 0.15) is 13.2 Å². The summed E-state index contributed by atoms with van der Waals surface area (Å²) in [6.45, 7) is 0.376. The highest BCUT2D eigenvalue weighted by Crippen LogP contribution is 2.33. The fourth-order valence-corrected chi connectivity index (χ4v) is 1.62. The zero-order valence-corrected chi connectivity index (χ0v) is 11.0. The van der Waals surface area contributed by atoms with Gasteiger partial charge < -0.3 is 19.3 Å². The second kappa shape index (κ2) is 5.59. The Morgan fingerprint density at radius 3 is 1.86 bits per heavy atom. The molecule has 5 nitrogen and oxygen atoms in total. The van der Waals surface area contributed by atoms with Gasteiger partial charge in [-0.25, -0.2) is 18.0 Å². The summed E-state index contributed by atoms with van der Waals surface area (Å²) in [5.74, 6) is -12.9. The molecule has 10 heteroatoms. The van der Waals surface area contributed by atoms with Crippen LogP contribution in [-0.2, 0) is 9.47 Å². The smallest absolute Gasteiger partial charge is 0.458 e. The standard InChI is InChI=1S/C12H9F5O5/c1-12(2-20-11(19)21-3-12)10(18)22-9-7(16)5(14)4(13)6(15)8(9)17/h10,18H,2-3H2,1H3. The number of hydrogen-bond acceptors (Lipinski definition) is 5. The van der Waals surface area contributed by atoms with Crippen molar-refractivity contribution in [2.75, 3.05) is 13.2 Å². The molecule has 22 heavy (non-hydrogen) atoms. The molecule has 0 aliphatic carbocycles. The minimum absolute atomic E-state index is 0.442. The van der Waals surface area contributed by atoms with Crippen molar-refractivity contribution in [2.45, 2.75) is 13.2 Å². The van der Waals surface area contributed by atoms with Gasteiger partial charge in [-0.15, -0.1) is 0 Å². The van der Waals surface area contributed by atoms with Crippen LogP contribution < -0.4 is 4.74 Å². The molecule has 1 unspecified atom stereocenters. The van der Waals surface area contributed by atoms with Crippen LogP contribution in [0, 0.1) is 34.5 Å². The van der Waals surface area contributed by atoms with Crippen molar-refractivity contribution in [1.29, 1.82) is 0 Å². The molecule has 1 aliphatic rings. The second-order valence-electron chi connectivity index (χ2n) is 4.85. The van der Waals surface area contributed by atoms with Crippen LogP contribution in [-0.4, -0.2) is 30.8 Å². The quantitative estimate of drug-likeness (QED) is 0.303. The number of aliphatic hydroxyl groups is 1. The molecular weight excluding hydrogens is 319 g/mol. The van der Waals surface area contributed by atoms with Crippen LogP contribution in [0.15, 0.2) is 0 Å². The molecule has 0 bridgehead atoms. The maximum Gasteiger partial charge on any atom is 0.508 e. The Morgan fingerprint density at radius 2 is 1.41 bits per heavy atom. The van der Waals surface area contributed by atoms with Gasteiger partial charge in [0, 0.05) is 0 Å². The van der Waals surface area contributed by atoms with Crippen LogP contribution >= 0.6 is 0 Å². The molecule has 1 aromatic carbocycles. The van der Waals surface area contributed by atoms with E-state index < -0.39 is 65.9 Å². The van der Waals surface area contributed by atoms with Crippen molar-refractivity contribution in [1.82, 2.24) is 0 Å². The maximum absolute atomic E-state index is 13.4. The van der Waals surface area contributed by atoms with E-state index in [1.54, 1.807) is 0 Å². The van der Waals surface area contributed by atoms with E-state index in [9.17, 15) is 31.9 Å². The molecule has 0 radical (unpaired) electrons. The maximum atomic E-state index is 13.4. The summed E-state index contributed by atoms with van der Waals surface area (Å²) >= 11 is 0. The molecule has 1 fully saturated rings. The minimum Gasteiger partial charge on any atom is -0.458 e. The van der Waals surface area contributed by atoms with E-state index >= 15 is 0 Å². The highest BCUT2D eigenvalue weighted by molar-refractivity contribution is 5.60. The number of carbonyl (C=O) groups is 1. The molecule has 1 aliphatic heterocycles. The first-order valence-corrected chi connectivity index (χ1v) is 5.83. The Morgan fingerprint density at radius 1 is 1.00 bits per heavy atom. The van der Waals surface area contributed by atoms with E-state index in [0.29, 0.717) is 0 Å². The van der Waals surface area contributed by atoms with Crippen LogP contribution in [0.1, 0.15) is 6.92 Å². The summed E-state index contributed by atoms with van der Waals surface area (Å²) in [5.41, 5.74) is -1.46. The first kappa shape index (κ1) is 16.3. The number of halogens is 5. The van der Waals surface area contributed by atoms with Gasteiger partial charge in [0.15, 0.2) is 5.75 Å². The predicted molar refractivity (Wildman–Crippen MR) is 58.3 cm³/mol. The first-order chi connectivity index (χ1) is 10.2. The van der Waals surface area contributed by atoms with Crippen LogP contribution in [0.25, 0.3) is 0 Å². The Balaban J connectivity index is 2.29. The molecule has 1 aromatic rings. The van der Waals surface area contributed by atoms with Gasteiger partial charge in [0.05, 0.1) is 5.41 Å². The van der Waals surface area contributed by atoms with Gasteiger partial charge in [-0.3, -0.25) is 0 Å². The van der Waals surface area contributed by atoms with Crippen LogP contribution in [0.4, 0.5) is 26.7 Å². The highest BCUT2D eigenvalue weighted by Gasteiger charge is 2.43. The summed E-state index contributed by atoms with van der Waals surface area (Å²) < 4.78 is 79.2. The summed E-state index contributed by atoms with van der Waals surface area (Å²) in [6, 6.07) is 0. The van der Waals surface area contributed by atoms with Gasteiger partial charge in [-0.2, -0.15) is 8.78 Å². The van der Waals surface area contributed by atoms with Crippen LogP contribution in [0.3, 0.4) is 0 Å². The van der Waals surface area contributed by atoms with E-state index in [-0.39, 0.29) is 0 Å². The monoisotopic (exact) mass is 328 g/mol. The number of benzene rings is 1. The zero-order valence-electron chi connectivity index (χ0n) is 11.0. The van der Waals surface area contributed by atoms with Crippen molar-refractivity contribution >= 4 is 6.16 Å². The summed E-state index contributed by atoms with van der Waals surface area (Å²) in [7, 11) is 0. The normalized spacial score (nSPS) is 18.4. The molecule has 1 N–H and O–H groups in total. The molecule has 1 atom stereocenters. The number of rotatable bonds is 3. The van der Waals surface area contributed by atoms with E-state index in [4.69, 9.17) is 0 Å². The van der Waals surface area contributed by atoms with Gasteiger partial charge in [-0.05, 0) is 6.92 Å². The fourth-order valence-electron chi connectivity index (χ4n) is 1.62. The molecule has 0 saturated carbocycles. The lowest BCUT2D eigenvalue weighted by molar-refractivity contribution is -0.173. The van der Waals surface area contributed by atoms with E-state index in [0.717, 1.165) is 0 Å². The first-order valence-electron chi connectivity index (χ1n) is 5.83. The van der Waals surface area contributed by atoms with Crippen molar-refractivity contribution < 1.29 is 46.1 Å². The Bertz CT molecular complexity index is 581. The molecule has 0 aromatic heterocycles. The SMILES string of the molecule is CC1(C(O)Oc2c(F)c(F)c(F)c(F)c2F)COC(=O)OC1. The molecule has 1 saturated heterocycles. The second-order valence-corrected chi connectivity index (χ2v) is 4.85. The molecule has 0 spiro atoms. The fraction of sp³-hybridized carbons (Fsp3) is 0.417. The predicted octanol–water partition coefficient (Wildman–Crippen LogP) is 2.25. The largest absolute Gasteiger partial charge is 0.508 e. The Labute approximate surface area is 120 Å². The number of hydrogen-bond donors (Lipinski definition) is 1. The van der Waals surface area contributed by atoms with Crippen LogP contribution in [0.5, 0.6) is 5.75 Å². The third-order valence-electron chi connectivity index (χ3n) is 3.03. The van der Waals surface area contributed by atoms with Crippen molar-refractivity contribution in [3.8, 4) is 5.75 Å². The molecule has 0 amide bonds. The lowest BCUT2D eigenvalue weighted by atomic mass is 9.91. The average Bonchev–Trinajstić information content (AvgIpc) is 2.50. The Kier molecular flexibility index (Phi) is 4.14. The molecule has 1 heterocycles. The Hall–Kier alpha value is -2.10. The van der Waals surface area contributed by atoms with Crippen LogP contribution in [0.2, 0.25) is 0 Å².